The van der Waals surface area contributed by atoms with E-state index in [4.69, 9.17) is 5.73 Å². The van der Waals surface area contributed by atoms with Crippen molar-refractivity contribution in [2.24, 2.45) is 5.73 Å². The Kier molecular flexibility index (Phi) is 4.95. The van der Waals surface area contributed by atoms with Crippen LogP contribution in [-0.2, 0) is 10.0 Å². The van der Waals surface area contributed by atoms with Crippen LogP contribution in [0.15, 0.2) is 0 Å². The van der Waals surface area contributed by atoms with Gasteiger partial charge < -0.3 is 5.73 Å². The first-order valence-corrected chi connectivity index (χ1v) is 7.81. The first-order chi connectivity index (χ1) is 7.77. The van der Waals surface area contributed by atoms with Crippen molar-refractivity contribution in [3.63, 3.8) is 0 Å². The molecule has 0 aromatic heterocycles. The van der Waals surface area contributed by atoms with E-state index in [1.165, 1.54) is 0 Å². The van der Waals surface area contributed by atoms with Gasteiger partial charge in [-0.3, -0.25) is 4.90 Å². The quantitative estimate of drug-likeness (QED) is 0.780. The van der Waals surface area contributed by atoms with Crippen LogP contribution in [-0.4, -0.2) is 61.6 Å². The number of nitrogens with zero attached hydrogens (tertiary/aromatic N) is 2. The van der Waals surface area contributed by atoms with Gasteiger partial charge in [0.05, 0.1) is 5.75 Å². The highest BCUT2D eigenvalue weighted by Crippen LogP contribution is 2.17. The average molecular weight is 263 g/mol. The van der Waals surface area contributed by atoms with Gasteiger partial charge in [0.25, 0.3) is 0 Å². The molecule has 0 saturated carbocycles. The number of hydrogen-bond acceptors (Lipinski definition) is 4. The highest BCUT2D eigenvalue weighted by molar-refractivity contribution is 7.89. The van der Waals surface area contributed by atoms with Crippen LogP contribution in [0.1, 0.15) is 27.2 Å². The number of nitrogens with two attached hydrogens (primary N) is 1. The lowest BCUT2D eigenvalue weighted by molar-refractivity contribution is 0.0922. The van der Waals surface area contributed by atoms with E-state index in [2.05, 4.69) is 25.7 Å². The molecule has 1 aliphatic rings. The molecule has 102 valence electrons. The molecule has 5 nitrogen and oxygen atoms in total. The van der Waals surface area contributed by atoms with Crippen LogP contribution in [0.4, 0.5) is 0 Å². The minimum atomic E-state index is -3.09. The van der Waals surface area contributed by atoms with Gasteiger partial charge >= 0.3 is 0 Å². The summed E-state index contributed by atoms with van der Waals surface area (Å²) in [4.78, 5) is 2.32. The monoisotopic (exact) mass is 263 g/mol. The standard InChI is InChI=1S/C11H25N3O2S/c1-11(2,3)13-6-8-14(9-7-13)17(15,16)10-4-5-12/h4-10,12H2,1-3H3. The molecular formula is C11H25N3O2S. The summed E-state index contributed by atoms with van der Waals surface area (Å²) in [6, 6.07) is 0. The second-order valence-electron chi connectivity index (χ2n) is 5.52. The van der Waals surface area contributed by atoms with Crippen LogP contribution in [0.3, 0.4) is 0 Å². The van der Waals surface area contributed by atoms with Crippen molar-refractivity contribution < 1.29 is 8.42 Å². The van der Waals surface area contributed by atoms with Gasteiger partial charge in [-0.2, -0.15) is 4.31 Å². The summed E-state index contributed by atoms with van der Waals surface area (Å²) in [7, 11) is -3.09. The van der Waals surface area contributed by atoms with Gasteiger partial charge in [0.2, 0.25) is 10.0 Å². The van der Waals surface area contributed by atoms with Gasteiger partial charge in [0.15, 0.2) is 0 Å². The number of piperazine rings is 1. The lowest BCUT2D eigenvalue weighted by Gasteiger charge is -2.41. The Morgan fingerprint density at radius 1 is 1.12 bits per heavy atom. The van der Waals surface area contributed by atoms with Gasteiger partial charge in [0, 0.05) is 31.7 Å². The van der Waals surface area contributed by atoms with E-state index in [0.29, 0.717) is 26.1 Å². The molecule has 0 radical (unpaired) electrons. The Morgan fingerprint density at radius 3 is 2.06 bits per heavy atom. The third-order valence-corrected chi connectivity index (χ3v) is 5.14. The maximum atomic E-state index is 12.0. The molecular weight excluding hydrogens is 238 g/mol. The Balaban J connectivity index is 2.52. The van der Waals surface area contributed by atoms with Crippen molar-refractivity contribution in [1.29, 1.82) is 0 Å². The summed E-state index contributed by atoms with van der Waals surface area (Å²) >= 11 is 0. The average Bonchev–Trinajstić information content (AvgIpc) is 2.25. The first-order valence-electron chi connectivity index (χ1n) is 6.20. The molecule has 1 heterocycles. The predicted molar refractivity (Wildman–Crippen MR) is 70.4 cm³/mol. The normalized spacial score (nSPS) is 20.7. The zero-order valence-corrected chi connectivity index (χ0v) is 12.0. The molecule has 17 heavy (non-hydrogen) atoms. The molecule has 1 aliphatic heterocycles. The van der Waals surface area contributed by atoms with E-state index >= 15 is 0 Å². The van der Waals surface area contributed by atoms with Crippen molar-refractivity contribution in [3.8, 4) is 0 Å². The van der Waals surface area contributed by atoms with E-state index in [0.717, 1.165) is 13.1 Å². The Morgan fingerprint density at radius 2 is 1.65 bits per heavy atom. The molecule has 0 amide bonds. The van der Waals surface area contributed by atoms with E-state index in [1.807, 2.05) is 0 Å². The number of rotatable bonds is 4. The Bertz CT molecular complexity index is 327. The van der Waals surface area contributed by atoms with E-state index in [9.17, 15) is 8.42 Å². The second-order valence-corrected chi connectivity index (χ2v) is 7.60. The highest BCUT2D eigenvalue weighted by Gasteiger charge is 2.30. The molecule has 1 rings (SSSR count). The minimum Gasteiger partial charge on any atom is -0.330 e. The van der Waals surface area contributed by atoms with Crippen molar-refractivity contribution in [2.75, 3.05) is 38.5 Å². The SMILES string of the molecule is CC(C)(C)N1CCN(S(=O)(=O)CCCN)CC1. The van der Waals surface area contributed by atoms with Gasteiger partial charge in [-0.15, -0.1) is 0 Å². The van der Waals surface area contributed by atoms with Crippen LogP contribution < -0.4 is 5.73 Å². The molecule has 0 aromatic rings. The maximum absolute atomic E-state index is 12.0. The molecule has 0 aliphatic carbocycles. The zero-order valence-electron chi connectivity index (χ0n) is 11.1. The lowest BCUT2D eigenvalue weighted by atomic mass is 10.1. The van der Waals surface area contributed by atoms with Gasteiger partial charge in [-0.05, 0) is 33.7 Å². The highest BCUT2D eigenvalue weighted by atomic mass is 32.2. The van der Waals surface area contributed by atoms with Crippen LogP contribution in [0, 0.1) is 0 Å². The summed E-state index contributed by atoms with van der Waals surface area (Å²) in [5.41, 5.74) is 5.47. The third-order valence-electron chi connectivity index (χ3n) is 3.19. The summed E-state index contributed by atoms with van der Waals surface area (Å²) in [5, 5.41) is 0. The molecule has 2 N–H and O–H groups in total. The number of hydrogen-bond donors (Lipinski definition) is 1. The van der Waals surface area contributed by atoms with Crippen LogP contribution in [0.2, 0.25) is 0 Å². The van der Waals surface area contributed by atoms with Crippen LogP contribution in [0.5, 0.6) is 0 Å². The van der Waals surface area contributed by atoms with Crippen LogP contribution >= 0.6 is 0 Å². The Hall–Kier alpha value is -0.170. The molecule has 0 spiro atoms. The zero-order chi connectivity index (χ0) is 13.1. The Labute approximate surface area is 105 Å². The lowest BCUT2D eigenvalue weighted by Crippen LogP contribution is -2.54. The molecule has 0 atom stereocenters. The van der Waals surface area contributed by atoms with E-state index in [1.54, 1.807) is 4.31 Å². The molecule has 6 heteroatoms. The fourth-order valence-electron chi connectivity index (χ4n) is 2.03. The van der Waals surface area contributed by atoms with Crippen molar-refractivity contribution in [3.05, 3.63) is 0 Å². The summed E-state index contributed by atoms with van der Waals surface area (Å²) in [5.74, 6) is 0.180. The number of sulfonamides is 1. The summed E-state index contributed by atoms with van der Waals surface area (Å²) in [6.45, 7) is 9.73. The van der Waals surface area contributed by atoms with Crippen molar-refractivity contribution >= 4 is 10.0 Å². The maximum Gasteiger partial charge on any atom is 0.214 e. The van der Waals surface area contributed by atoms with Crippen LogP contribution in [0.25, 0.3) is 0 Å². The summed E-state index contributed by atoms with van der Waals surface area (Å²) in [6.07, 6.45) is 0.543. The predicted octanol–water partition coefficient (Wildman–Crippen LogP) is 0.0811. The smallest absolute Gasteiger partial charge is 0.214 e. The molecule has 1 fully saturated rings. The molecule has 1 saturated heterocycles. The van der Waals surface area contributed by atoms with E-state index in [-0.39, 0.29) is 11.3 Å². The molecule has 0 aromatic carbocycles. The van der Waals surface area contributed by atoms with E-state index < -0.39 is 10.0 Å². The first kappa shape index (κ1) is 14.9. The third kappa shape index (κ3) is 4.21. The van der Waals surface area contributed by atoms with Crippen molar-refractivity contribution in [1.82, 2.24) is 9.21 Å². The summed E-state index contributed by atoms with van der Waals surface area (Å²) < 4.78 is 25.5. The van der Waals surface area contributed by atoms with Gasteiger partial charge in [-0.1, -0.05) is 0 Å². The van der Waals surface area contributed by atoms with Gasteiger partial charge in [0.1, 0.15) is 0 Å². The largest absolute Gasteiger partial charge is 0.330 e. The fourth-order valence-corrected chi connectivity index (χ4v) is 3.54. The topological polar surface area (TPSA) is 66.6 Å². The van der Waals surface area contributed by atoms with Crippen molar-refractivity contribution in [2.45, 2.75) is 32.7 Å². The molecule has 0 bridgehead atoms. The van der Waals surface area contributed by atoms with Gasteiger partial charge in [-0.25, -0.2) is 8.42 Å². The fraction of sp³-hybridized carbons (Fsp3) is 1.00. The minimum absolute atomic E-state index is 0.118. The second kappa shape index (κ2) is 5.65. The molecule has 0 unspecified atom stereocenters.